The zero-order chi connectivity index (χ0) is 27.0. The first-order valence-corrected chi connectivity index (χ1v) is 13.1. The first-order valence-electron chi connectivity index (χ1n) is 11.9. The summed E-state index contributed by atoms with van der Waals surface area (Å²) in [5.41, 5.74) is 7.39. The van der Waals surface area contributed by atoms with E-state index in [0.717, 1.165) is 17.7 Å². The Morgan fingerprint density at radius 1 is 1.11 bits per heavy atom. The Morgan fingerprint density at radius 2 is 1.81 bits per heavy atom. The molecule has 2 aliphatic rings. The molecule has 4 atom stereocenters. The molecule has 0 aliphatic carbocycles. The van der Waals surface area contributed by atoms with Crippen molar-refractivity contribution in [3.63, 3.8) is 0 Å². The lowest BCUT2D eigenvalue weighted by molar-refractivity contribution is -0.311. The molecule has 0 aromatic heterocycles. The highest BCUT2D eigenvalue weighted by molar-refractivity contribution is 9.10. The van der Waals surface area contributed by atoms with Crippen LogP contribution in [0.4, 0.5) is 5.69 Å². The van der Waals surface area contributed by atoms with Crippen LogP contribution < -0.4 is 11.1 Å². The van der Waals surface area contributed by atoms with Crippen molar-refractivity contribution in [3.05, 3.63) is 75.8 Å². The van der Waals surface area contributed by atoms with Crippen molar-refractivity contribution >= 4 is 46.2 Å². The van der Waals surface area contributed by atoms with Gasteiger partial charge >= 0.3 is 17.1 Å². The lowest BCUT2D eigenvalue weighted by Crippen LogP contribution is -2.73. The number of nitrogen functional groups attached to an aromatic ring is 1. The molecule has 2 aromatic rings. The number of halogens is 1. The first kappa shape index (κ1) is 27.7. The number of ether oxygens (including phenoxy) is 3. The number of rotatable bonds is 5. The maximum absolute atomic E-state index is 12.7. The third-order valence-electron chi connectivity index (χ3n) is 6.62. The summed E-state index contributed by atoms with van der Waals surface area (Å²) in [6, 6.07) is 12.6. The molecule has 0 spiro atoms. The number of nitrogens with one attached hydrogen (secondary N) is 1. The number of carbonyl (C=O) groups is 2. The topological polar surface area (TPSA) is 120 Å². The fourth-order valence-electron chi connectivity index (χ4n) is 4.49. The largest absolute Gasteiger partial charge is 0.445 e. The molecule has 37 heavy (non-hydrogen) atoms. The average Bonchev–Trinajstić information content (AvgIpc) is 2.82. The first-order chi connectivity index (χ1) is 17.3. The van der Waals surface area contributed by atoms with Crippen molar-refractivity contribution in [2.24, 2.45) is 0 Å². The van der Waals surface area contributed by atoms with Gasteiger partial charge in [-0.25, -0.2) is 9.59 Å². The molecule has 8 nitrogen and oxygen atoms in total. The third kappa shape index (κ3) is 5.73. The molecule has 1 saturated heterocycles. The maximum atomic E-state index is 12.7. The summed E-state index contributed by atoms with van der Waals surface area (Å²) in [7, 11) is 0. The Labute approximate surface area is 230 Å². The Kier molecular flexibility index (Phi) is 7.79. The fourth-order valence-corrected chi connectivity index (χ4v) is 5.34. The number of esters is 2. The van der Waals surface area contributed by atoms with Crippen LogP contribution in [-0.4, -0.2) is 46.5 Å². The normalized spacial score (nSPS) is 28.9. The third-order valence-corrected chi connectivity index (χ3v) is 7.91. The summed E-state index contributed by atoms with van der Waals surface area (Å²) in [4.78, 5) is 25.1. The van der Waals surface area contributed by atoms with E-state index in [9.17, 15) is 14.7 Å². The van der Waals surface area contributed by atoms with Gasteiger partial charge in [0.2, 0.25) is 5.60 Å². The van der Waals surface area contributed by atoms with Crippen molar-refractivity contribution in [2.45, 2.75) is 62.0 Å². The molecule has 2 aliphatic heterocycles. The van der Waals surface area contributed by atoms with E-state index in [2.05, 4.69) is 66.8 Å². The predicted molar refractivity (Wildman–Crippen MR) is 146 cm³/mol. The van der Waals surface area contributed by atoms with Crippen molar-refractivity contribution in [1.29, 1.82) is 0 Å². The van der Waals surface area contributed by atoms with E-state index in [1.165, 1.54) is 5.56 Å². The summed E-state index contributed by atoms with van der Waals surface area (Å²) >= 11 is 7.94. The van der Waals surface area contributed by atoms with Crippen LogP contribution in [0.1, 0.15) is 37.5 Å². The van der Waals surface area contributed by atoms with E-state index in [-0.39, 0.29) is 18.4 Å². The van der Waals surface area contributed by atoms with Gasteiger partial charge in [0.15, 0.2) is 0 Å². The Hall–Kier alpha value is -2.37. The molecule has 2 aromatic carbocycles. The van der Waals surface area contributed by atoms with E-state index in [4.69, 9.17) is 19.9 Å². The van der Waals surface area contributed by atoms with E-state index < -0.39 is 34.8 Å². The number of hydrogen-bond donors (Lipinski definition) is 4. The maximum Gasteiger partial charge on any atom is 0.334 e. The number of hydrogen-bond acceptors (Lipinski definition) is 9. The molecule has 4 N–H and O–H groups in total. The molecule has 2 heterocycles. The quantitative estimate of drug-likeness (QED) is 0.237. The van der Waals surface area contributed by atoms with E-state index in [1.54, 1.807) is 18.2 Å². The highest BCUT2D eigenvalue weighted by Gasteiger charge is 2.66. The van der Waals surface area contributed by atoms with Gasteiger partial charge in [-0.15, -0.1) is 0 Å². The van der Waals surface area contributed by atoms with Crippen LogP contribution in [0.3, 0.4) is 0 Å². The zero-order valence-electron chi connectivity index (χ0n) is 20.9. The number of nitrogens with two attached hydrogens (primary N) is 1. The van der Waals surface area contributed by atoms with Crippen molar-refractivity contribution in [1.82, 2.24) is 5.32 Å². The van der Waals surface area contributed by atoms with Gasteiger partial charge in [-0.1, -0.05) is 63.7 Å². The second-order valence-corrected chi connectivity index (χ2v) is 11.8. The highest BCUT2D eigenvalue weighted by atomic mass is 79.9. The van der Waals surface area contributed by atoms with Crippen LogP contribution >= 0.6 is 28.6 Å². The molecule has 1 fully saturated rings. The van der Waals surface area contributed by atoms with Crippen LogP contribution in [0.15, 0.2) is 59.1 Å². The van der Waals surface area contributed by atoms with Gasteiger partial charge in [-0.05, 0) is 50.2 Å². The molecule has 0 amide bonds. The van der Waals surface area contributed by atoms with Gasteiger partial charge in [0.05, 0.1) is 12.6 Å². The summed E-state index contributed by atoms with van der Waals surface area (Å²) in [6.45, 7) is 6.80. The predicted octanol–water partition coefficient (Wildman–Crippen LogP) is 3.40. The molecular weight excluding hydrogens is 560 g/mol. The Morgan fingerprint density at radius 3 is 2.49 bits per heavy atom. The number of carbonyl (C=O) groups excluding carboxylic acids is 2. The Bertz CT molecular complexity index is 1230. The smallest absolute Gasteiger partial charge is 0.334 e. The van der Waals surface area contributed by atoms with Gasteiger partial charge in [0.1, 0.15) is 6.10 Å². The molecule has 10 heteroatoms. The monoisotopic (exact) mass is 590 g/mol. The SMILES string of the molecule is CC(C)(C)c1cccc(CN[C@@H]2COC3(S)OC(=O)/C=C/C(=O)O[C@@]3(Cc3ccc(N)c(Br)c3)[C@H]2O)c1. The molecule has 0 radical (unpaired) electrons. The minimum Gasteiger partial charge on any atom is -0.445 e. The summed E-state index contributed by atoms with van der Waals surface area (Å²) < 4.78 is 17.9. The second kappa shape index (κ2) is 10.4. The lowest BCUT2D eigenvalue weighted by Gasteiger charge is -2.53. The summed E-state index contributed by atoms with van der Waals surface area (Å²) in [6.07, 6.45) is 0.468. The molecule has 4 rings (SSSR count). The number of aliphatic hydroxyl groups is 1. The number of aliphatic hydroxyl groups excluding tert-OH is 1. The molecular formula is C27H31BrN2O6S. The van der Waals surface area contributed by atoms with Crippen LogP contribution in [0.2, 0.25) is 0 Å². The van der Waals surface area contributed by atoms with Gasteiger partial charge in [0, 0.05) is 35.3 Å². The highest BCUT2D eigenvalue weighted by Crippen LogP contribution is 2.46. The minimum absolute atomic E-state index is 0.0169. The average molecular weight is 592 g/mol. The second-order valence-electron chi connectivity index (χ2n) is 10.4. The van der Waals surface area contributed by atoms with E-state index in [0.29, 0.717) is 22.3 Å². The molecule has 0 bridgehead atoms. The number of anilines is 1. The van der Waals surface area contributed by atoms with Crippen LogP contribution in [-0.2, 0) is 42.2 Å². The van der Waals surface area contributed by atoms with Crippen LogP contribution in [0, 0.1) is 0 Å². The fraction of sp³-hybridized carbons (Fsp3) is 0.407. The van der Waals surface area contributed by atoms with Crippen LogP contribution in [0.25, 0.3) is 0 Å². The molecule has 198 valence electrons. The van der Waals surface area contributed by atoms with Gasteiger partial charge in [0.25, 0.3) is 0 Å². The molecule has 0 saturated carbocycles. The minimum atomic E-state index is -2.05. The standard InChI is InChI=1S/C27H31BrN2O6S/c1-25(2,3)18-6-4-5-17(11-18)14-30-21-15-34-27(37)26(24(21)33,35-22(31)9-10-23(32)36-27)13-16-7-8-20(29)19(28)12-16/h4-12,21,24,30,33,37H,13-15,29H2,1-3H3/b10-9+/t21-,24+,26+,27?/m1/s1. The van der Waals surface area contributed by atoms with Gasteiger partial charge in [-0.3, -0.25) is 0 Å². The Balaban J connectivity index is 1.68. The number of thiol groups is 1. The number of fused-ring (bicyclic) bond motifs is 1. The van der Waals surface area contributed by atoms with Crippen molar-refractivity contribution in [3.8, 4) is 0 Å². The van der Waals surface area contributed by atoms with Crippen molar-refractivity contribution < 1.29 is 28.9 Å². The summed E-state index contributed by atoms with van der Waals surface area (Å²) in [5, 5.41) is 13.0. The van der Waals surface area contributed by atoms with E-state index >= 15 is 0 Å². The number of benzene rings is 2. The van der Waals surface area contributed by atoms with Crippen molar-refractivity contribution in [2.75, 3.05) is 12.3 Å². The zero-order valence-corrected chi connectivity index (χ0v) is 23.3. The lowest BCUT2D eigenvalue weighted by atomic mass is 9.81. The van der Waals surface area contributed by atoms with E-state index in [1.807, 2.05) is 12.1 Å². The van der Waals surface area contributed by atoms with Gasteiger partial charge < -0.3 is 30.4 Å². The summed E-state index contributed by atoms with van der Waals surface area (Å²) in [5.74, 6) is -1.67. The van der Waals surface area contributed by atoms with Gasteiger partial charge in [-0.2, -0.15) is 0 Å². The molecule has 1 unspecified atom stereocenters. The van der Waals surface area contributed by atoms with Crippen LogP contribution in [0.5, 0.6) is 0 Å².